The first-order chi connectivity index (χ1) is 12.6. The summed E-state index contributed by atoms with van der Waals surface area (Å²) in [5, 5.41) is 13.3. The van der Waals surface area contributed by atoms with E-state index in [0.717, 1.165) is 42.9 Å². The molecule has 1 aliphatic rings. The summed E-state index contributed by atoms with van der Waals surface area (Å²) in [6.45, 7) is 6.46. The largest absolute Gasteiger partial charge is 0.324 e. The Balaban J connectivity index is 1.67. The first-order valence-corrected chi connectivity index (χ1v) is 10.1. The van der Waals surface area contributed by atoms with Crippen molar-refractivity contribution in [2.75, 3.05) is 18.4 Å². The van der Waals surface area contributed by atoms with E-state index in [4.69, 9.17) is 0 Å². The molecule has 5 heteroatoms. The first kappa shape index (κ1) is 18.6. The van der Waals surface area contributed by atoms with Crippen molar-refractivity contribution in [3.63, 3.8) is 0 Å². The third-order valence-electron chi connectivity index (χ3n) is 5.08. The Kier molecular flexibility index (Phi) is 6.08. The van der Waals surface area contributed by atoms with Crippen LogP contribution >= 0.6 is 11.3 Å². The standard InChI is InChI=1S/C21H25N3OS/c1-3-24(13-16-7-5-4-6-8-16)14-20(25)23-21-18(12-22)17-10-9-15(2)11-19(17)26-21/h4-8,15H,3,9-11,13-14H2,1-2H3,(H,23,25)/p+1/t15-/m0/s1. The second-order valence-corrected chi connectivity index (χ2v) is 8.26. The average Bonchev–Trinajstić information content (AvgIpc) is 2.97. The van der Waals surface area contributed by atoms with Crippen molar-refractivity contribution in [3.05, 3.63) is 51.9 Å². The Morgan fingerprint density at radius 1 is 1.38 bits per heavy atom. The number of thiophene rings is 1. The van der Waals surface area contributed by atoms with Crippen LogP contribution < -0.4 is 10.2 Å². The number of nitrogens with zero attached hydrogens (tertiary/aromatic N) is 1. The van der Waals surface area contributed by atoms with Gasteiger partial charge in [0.15, 0.2) is 6.54 Å². The van der Waals surface area contributed by atoms with Gasteiger partial charge >= 0.3 is 0 Å². The minimum absolute atomic E-state index is 0.0130. The highest BCUT2D eigenvalue weighted by atomic mass is 32.1. The molecule has 2 atom stereocenters. The molecule has 1 heterocycles. The molecule has 1 aromatic heterocycles. The van der Waals surface area contributed by atoms with Crippen molar-refractivity contribution in [2.24, 2.45) is 5.92 Å². The van der Waals surface area contributed by atoms with E-state index in [1.165, 1.54) is 15.3 Å². The molecule has 1 aliphatic carbocycles. The molecule has 0 saturated carbocycles. The lowest BCUT2D eigenvalue weighted by atomic mass is 9.89. The fourth-order valence-corrected chi connectivity index (χ4v) is 4.93. The molecule has 2 N–H and O–H groups in total. The maximum Gasteiger partial charge on any atom is 0.280 e. The van der Waals surface area contributed by atoms with Gasteiger partial charge in [0.1, 0.15) is 17.6 Å². The number of hydrogen-bond acceptors (Lipinski definition) is 3. The first-order valence-electron chi connectivity index (χ1n) is 9.32. The number of amides is 1. The van der Waals surface area contributed by atoms with Crippen LogP contribution in [0, 0.1) is 17.2 Å². The maximum atomic E-state index is 12.6. The highest BCUT2D eigenvalue weighted by Crippen LogP contribution is 2.39. The second-order valence-electron chi connectivity index (χ2n) is 7.16. The third kappa shape index (κ3) is 4.32. The lowest BCUT2D eigenvalue weighted by Gasteiger charge is -2.17. The molecule has 3 rings (SSSR count). The number of hydrogen-bond donors (Lipinski definition) is 2. The number of rotatable bonds is 6. The Morgan fingerprint density at radius 2 is 2.15 bits per heavy atom. The van der Waals surface area contributed by atoms with E-state index in [2.05, 4.69) is 37.4 Å². The van der Waals surface area contributed by atoms with E-state index < -0.39 is 0 Å². The Labute approximate surface area is 159 Å². The van der Waals surface area contributed by atoms with Crippen molar-refractivity contribution >= 4 is 22.2 Å². The fraction of sp³-hybridized carbons (Fsp3) is 0.429. The molecular weight excluding hydrogens is 342 g/mol. The van der Waals surface area contributed by atoms with Crippen LogP contribution in [0.5, 0.6) is 0 Å². The summed E-state index contributed by atoms with van der Waals surface area (Å²) in [4.78, 5) is 15.1. The molecule has 136 valence electrons. The van der Waals surface area contributed by atoms with Crippen molar-refractivity contribution in [3.8, 4) is 6.07 Å². The SMILES string of the molecule is CC[NH+](CC(=O)Nc1sc2c(c1C#N)CC[C@H](C)C2)Cc1ccccc1. The number of carbonyl (C=O) groups excluding carboxylic acids is 1. The number of fused-ring (bicyclic) bond motifs is 1. The molecule has 4 nitrogen and oxygen atoms in total. The monoisotopic (exact) mass is 368 g/mol. The number of nitriles is 1. The molecule has 0 saturated heterocycles. The minimum Gasteiger partial charge on any atom is -0.324 e. The van der Waals surface area contributed by atoms with E-state index in [1.54, 1.807) is 11.3 Å². The Morgan fingerprint density at radius 3 is 2.85 bits per heavy atom. The summed E-state index contributed by atoms with van der Waals surface area (Å²) >= 11 is 1.59. The molecule has 0 bridgehead atoms. The molecule has 2 aromatic rings. The van der Waals surface area contributed by atoms with Gasteiger partial charge in [0.2, 0.25) is 0 Å². The summed E-state index contributed by atoms with van der Waals surface area (Å²) in [5.41, 5.74) is 3.08. The smallest absolute Gasteiger partial charge is 0.280 e. The van der Waals surface area contributed by atoms with Gasteiger partial charge < -0.3 is 10.2 Å². The highest BCUT2D eigenvalue weighted by Gasteiger charge is 2.25. The Hall–Kier alpha value is -2.16. The zero-order valence-corrected chi connectivity index (χ0v) is 16.3. The molecule has 0 radical (unpaired) electrons. The third-order valence-corrected chi connectivity index (χ3v) is 6.25. The van der Waals surface area contributed by atoms with E-state index >= 15 is 0 Å². The normalized spacial score (nSPS) is 17.2. The molecular formula is C21H26N3OS+. The topological polar surface area (TPSA) is 57.3 Å². The molecule has 0 spiro atoms. The van der Waals surface area contributed by atoms with Gasteiger partial charge in [0.25, 0.3) is 5.91 Å². The Bertz CT molecular complexity index is 807. The zero-order valence-electron chi connectivity index (χ0n) is 15.5. The second kappa shape index (κ2) is 8.48. The lowest BCUT2D eigenvalue weighted by Crippen LogP contribution is -3.11. The van der Waals surface area contributed by atoms with E-state index in [9.17, 15) is 10.1 Å². The molecule has 1 amide bonds. The van der Waals surface area contributed by atoms with Crippen molar-refractivity contribution < 1.29 is 9.69 Å². The number of likely N-dealkylation sites (N-methyl/N-ethyl adjacent to an activating group) is 1. The summed E-state index contributed by atoms with van der Waals surface area (Å²) in [6.07, 6.45) is 3.09. The van der Waals surface area contributed by atoms with Crippen molar-refractivity contribution in [2.45, 2.75) is 39.7 Å². The molecule has 0 fully saturated rings. The molecule has 1 unspecified atom stereocenters. The van der Waals surface area contributed by atoms with Gasteiger partial charge in [-0.25, -0.2) is 0 Å². The molecule has 26 heavy (non-hydrogen) atoms. The van der Waals surface area contributed by atoms with Crippen LogP contribution in [0.25, 0.3) is 0 Å². The van der Waals surface area contributed by atoms with Gasteiger partial charge in [-0.15, -0.1) is 11.3 Å². The van der Waals surface area contributed by atoms with Gasteiger partial charge in [-0.05, 0) is 37.7 Å². The predicted octanol–water partition coefficient (Wildman–Crippen LogP) is 2.79. The number of quaternary nitrogens is 1. The average molecular weight is 369 g/mol. The van der Waals surface area contributed by atoms with Gasteiger partial charge in [0, 0.05) is 10.4 Å². The van der Waals surface area contributed by atoms with Crippen LogP contribution in [0.15, 0.2) is 30.3 Å². The summed E-state index contributed by atoms with van der Waals surface area (Å²) in [6, 6.07) is 12.6. The predicted molar refractivity (Wildman–Crippen MR) is 105 cm³/mol. The van der Waals surface area contributed by atoms with E-state index in [1.807, 2.05) is 18.2 Å². The van der Waals surface area contributed by atoms with Crippen LogP contribution in [-0.4, -0.2) is 19.0 Å². The number of nitrogens with one attached hydrogen (secondary N) is 2. The highest BCUT2D eigenvalue weighted by molar-refractivity contribution is 7.16. The number of anilines is 1. The van der Waals surface area contributed by atoms with E-state index in [0.29, 0.717) is 18.0 Å². The molecule has 1 aromatic carbocycles. The summed E-state index contributed by atoms with van der Waals surface area (Å²) < 4.78 is 0. The van der Waals surface area contributed by atoms with Crippen LogP contribution in [0.3, 0.4) is 0 Å². The van der Waals surface area contributed by atoms with Gasteiger partial charge in [0.05, 0.1) is 12.1 Å². The fourth-order valence-electron chi connectivity index (χ4n) is 3.55. The zero-order chi connectivity index (χ0) is 18.5. The lowest BCUT2D eigenvalue weighted by molar-refractivity contribution is -0.903. The quantitative estimate of drug-likeness (QED) is 0.824. The van der Waals surface area contributed by atoms with Gasteiger partial charge in [-0.3, -0.25) is 4.79 Å². The van der Waals surface area contributed by atoms with E-state index in [-0.39, 0.29) is 5.91 Å². The number of carbonyl (C=O) groups is 1. The minimum atomic E-state index is -0.0130. The number of benzene rings is 1. The van der Waals surface area contributed by atoms with Crippen molar-refractivity contribution in [1.29, 1.82) is 5.26 Å². The van der Waals surface area contributed by atoms with Crippen LogP contribution in [0.1, 0.15) is 41.8 Å². The van der Waals surface area contributed by atoms with Gasteiger partial charge in [-0.2, -0.15) is 5.26 Å². The van der Waals surface area contributed by atoms with Crippen LogP contribution in [-0.2, 0) is 24.2 Å². The van der Waals surface area contributed by atoms with Crippen LogP contribution in [0.2, 0.25) is 0 Å². The maximum absolute atomic E-state index is 12.6. The van der Waals surface area contributed by atoms with Crippen LogP contribution in [0.4, 0.5) is 5.00 Å². The summed E-state index contributed by atoms with van der Waals surface area (Å²) in [7, 11) is 0. The van der Waals surface area contributed by atoms with Crippen molar-refractivity contribution in [1.82, 2.24) is 0 Å². The molecule has 0 aliphatic heterocycles. The summed E-state index contributed by atoms with van der Waals surface area (Å²) in [5.74, 6) is 0.642. The van der Waals surface area contributed by atoms with Gasteiger partial charge in [-0.1, -0.05) is 37.3 Å².